The summed E-state index contributed by atoms with van der Waals surface area (Å²) in [6.45, 7) is 1.18. The number of amides is 2. The molecule has 0 saturated carbocycles. The van der Waals surface area contributed by atoms with Crippen LogP contribution in [-0.2, 0) is 16.0 Å². The highest BCUT2D eigenvalue weighted by atomic mass is 16.7. The molecular weight excluding hydrogens is 360 g/mol. The molecule has 4 rings (SSSR count). The number of anilines is 1. The van der Waals surface area contributed by atoms with Gasteiger partial charge in [0.25, 0.3) is 0 Å². The predicted octanol–water partition coefficient (Wildman–Crippen LogP) is 2.14. The van der Waals surface area contributed by atoms with E-state index in [-0.39, 0.29) is 18.6 Å². The third-order valence-corrected chi connectivity index (χ3v) is 5.06. The topological polar surface area (TPSA) is 77.1 Å². The highest BCUT2D eigenvalue weighted by Gasteiger charge is 2.37. The van der Waals surface area contributed by atoms with E-state index in [1.54, 1.807) is 24.1 Å². The molecule has 1 atom stereocenters. The molecule has 0 radical (unpaired) electrons. The van der Waals surface area contributed by atoms with Crippen molar-refractivity contribution in [1.29, 1.82) is 0 Å². The lowest BCUT2D eigenvalue weighted by molar-refractivity contribution is -0.132. The first-order valence-electron chi connectivity index (χ1n) is 9.27. The maximum absolute atomic E-state index is 12.7. The molecule has 1 fully saturated rings. The number of ether oxygens (including phenoxy) is 3. The Bertz CT molecular complexity index is 881. The summed E-state index contributed by atoms with van der Waals surface area (Å²) in [6, 6.07) is 13.1. The summed E-state index contributed by atoms with van der Waals surface area (Å²) >= 11 is 0. The largest absolute Gasteiger partial charge is 0.497 e. The number of methoxy groups -OCH3 is 1. The number of fused-ring (bicyclic) bond motifs is 1. The predicted molar refractivity (Wildman–Crippen MR) is 103 cm³/mol. The normalized spacial score (nSPS) is 17.7. The van der Waals surface area contributed by atoms with E-state index < -0.39 is 5.92 Å². The van der Waals surface area contributed by atoms with Crippen LogP contribution in [0.3, 0.4) is 0 Å². The van der Waals surface area contributed by atoms with Gasteiger partial charge in [-0.25, -0.2) is 0 Å². The third kappa shape index (κ3) is 3.60. The van der Waals surface area contributed by atoms with Gasteiger partial charge in [0.2, 0.25) is 18.6 Å². The Labute approximate surface area is 163 Å². The lowest BCUT2D eigenvalue weighted by Gasteiger charge is -2.17. The summed E-state index contributed by atoms with van der Waals surface area (Å²) in [7, 11) is 1.63. The van der Waals surface area contributed by atoms with Crippen LogP contribution in [0.25, 0.3) is 0 Å². The Morgan fingerprint density at radius 2 is 1.96 bits per heavy atom. The number of nitrogens with zero attached hydrogens (tertiary/aromatic N) is 1. The van der Waals surface area contributed by atoms with Gasteiger partial charge in [0.05, 0.1) is 7.11 Å². The zero-order valence-corrected chi connectivity index (χ0v) is 15.6. The summed E-state index contributed by atoms with van der Waals surface area (Å²) in [6.07, 6.45) is 1.20. The standard InChI is InChI=1S/C21H22N2O5/c1-26-16-5-2-14(3-6-16)8-10-22-20(24)17-9-11-23(21(17)25)15-4-7-18-19(12-15)28-13-27-18/h2-7,12,17H,8-11,13H2,1H3,(H,22,24)/t17-/m1/s1. The number of rotatable bonds is 6. The zero-order valence-electron chi connectivity index (χ0n) is 15.6. The van der Waals surface area contributed by atoms with Crippen LogP contribution in [0.1, 0.15) is 12.0 Å². The van der Waals surface area contributed by atoms with Gasteiger partial charge in [-0.3, -0.25) is 9.59 Å². The molecule has 7 heteroatoms. The van der Waals surface area contributed by atoms with E-state index in [4.69, 9.17) is 14.2 Å². The van der Waals surface area contributed by atoms with Crippen molar-refractivity contribution in [3.63, 3.8) is 0 Å². The average molecular weight is 382 g/mol. The van der Waals surface area contributed by atoms with E-state index in [2.05, 4.69) is 5.32 Å². The minimum absolute atomic E-state index is 0.180. The maximum atomic E-state index is 12.7. The fraction of sp³-hybridized carbons (Fsp3) is 0.333. The number of hydrogen-bond donors (Lipinski definition) is 1. The van der Waals surface area contributed by atoms with Gasteiger partial charge in [0, 0.05) is 24.8 Å². The molecule has 28 heavy (non-hydrogen) atoms. The molecule has 0 bridgehead atoms. The first-order chi connectivity index (χ1) is 13.7. The summed E-state index contributed by atoms with van der Waals surface area (Å²) in [4.78, 5) is 26.9. The first-order valence-corrected chi connectivity index (χ1v) is 9.27. The fourth-order valence-electron chi connectivity index (χ4n) is 3.48. The molecule has 2 amide bonds. The van der Waals surface area contributed by atoms with Gasteiger partial charge in [-0.1, -0.05) is 12.1 Å². The minimum Gasteiger partial charge on any atom is -0.497 e. The highest BCUT2D eigenvalue weighted by molar-refractivity contribution is 6.09. The number of hydrogen-bond acceptors (Lipinski definition) is 5. The summed E-state index contributed by atoms with van der Waals surface area (Å²) in [5.41, 5.74) is 1.82. The van der Waals surface area contributed by atoms with Crippen LogP contribution in [0, 0.1) is 5.92 Å². The van der Waals surface area contributed by atoms with Crippen molar-refractivity contribution in [2.75, 3.05) is 31.9 Å². The monoisotopic (exact) mass is 382 g/mol. The second kappa shape index (κ2) is 7.80. The van der Waals surface area contributed by atoms with Crippen molar-refractivity contribution in [2.24, 2.45) is 5.92 Å². The summed E-state index contributed by atoms with van der Waals surface area (Å²) < 4.78 is 15.8. The van der Waals surface area contributed by atoms with Crippen molar-refractivity contribution in [2.45, 2.75) is 12.8 Å². The van der Waals surface area contributed by atoms with Gasteiger partial charge in [-0.15, -0.1) is 0 Å². The number of carbonyl (C=O) groups is 2. The second-order valence-electron chi connectivity index (χ2n) is 6.76. The molecule has 0 spiro atoms. The number of benzene rings is 2. The van der Waals surface area contributed by atoms with Crippen LogP contribution in [0.15, 0.2) is 42.5 Å². The Hall–Kier alpha value is -3.22. The minimum atomic E-state index is -0.652. The van der Waals surface area contributed by atoms with Crippen LogP contribution < -0.4 is 24.4 Å². The third-order valence-electron chi connectivity index (χ3n) is 5.06. The molecule has 1 saturated heterocycles. The van der Waals surface area contributed by atoms with Crippen molar-refractivity contribution in [3.8, 4) is 17.2 Å². The van der Waals surface area contributed by atoms with Crippen LogP contribution in [0.4, 0.5) is 5.69 Å². The lowest BCUT2D eigenvalue weighted by Crippen LogP contribution is -2.37. The van der Waals surface area contributed by atoms with Crippen LogP contribution >= 0.6 is 0 Å². The molecule has 2 aromatic carbocycles. The van der Waals surface area contributed by atoms with Crippen molar-refractivity contribution >= 4 is 17.5 Å². The second-order valence-corrected chi connectivity index (χ2v) is 6.76. The zero-order chi connectivity index (χ0) is 19.5. The smallest absolute Gasteiger partial charge is 0.239 e. The average Bonchev–Trinajstić information content (AvgIpc) is 3.34. The van der Waals surface area contributed by atoms with Gasteiger partial charge in [-0.05, 0) is 42.7 Å². The van der Waals surface area contributed by atoms with E-state index in [0.717, 1.165) is 17.0 Å². The molecule has 2 aliphatic rings. The molecule has 0 aromatic heterocycles. The van der Waals surface area contributed by atoms with E-state index in [9.17, 15) is 9.59 Å². The van der Waals surface area contributed by atoms with Gasteiger partial charge in [0.1, 0.15) is 11.7 Å². The van der Waals surface area contributed by atoms with Gasteiger partial charge < -0.3 is 24.4 Å². The molecule has 1 N–H and O–H groups in total. The maximum Gasteiger partial charge on any atom is 0.239 e. The quantitative estimate of drug-likeness (QED) is 0.775. The van der Waals surface area contributed by atoms with Crippen molar-refractivity contribution in [1.82, 2.24) is 5.32 Å². The van der Waals surface area contributed by atoms with Gasteiger partial charge in [-0.2, -0.15) is 0 Å². The molecule has 2 aliphatic heterocycles. The van der Waals surface area contributed by atoms with Gasteiger partial charge >= 0.3 is 0 Å². The van der Waals surface area contributed by atoms with E-state index in [0.29, 0.717) is 37.4 Å². The van der Waals surface area contributed by atoms with Crippen molar-refractivity contribution in [3.05, 3.63) is 48.0 Å². The van der Waals surface area contributed by atoms with E-state index in [1.807, 2.05) is 30.3 Å². The van der Waals surface area contributed by atoms with Crippen LogP contribution in [0.2, 0.25) is 0 Å². The molecule has 2 aromatic rings. The first kappa shape index (κ1) is 18.2. The number of nitrogens with one attached hydrogen (secondary N) is 1. The summed E-state index contributed by atoms with van der Waals surface area (Å²) in [5, 5.41) is 2.88. The van der Waals surface area contributed by atoms with E-state index >= 15 is 0 Å². The molecule has 146 valence electrons. The molecular formula is C21H22N2O5. The van der Waals surface area contributed by atoms with Crippen LogP contribution in [0.5, 0.6) is 17.2 Å². The van der Waals surface area contributed by atoms with Gasteiger partial charge in [0.15, 0.2) is 11.5 Å². The van der Waals surface area contributed by atoms with E-state index in [1.165, 1.54) is 0 Å². The van der Waals surface area contributed by atoms with Crippen LogP contribution in [-0.4, -0.2) is 38.8 Å². The lowest BCUT2D eigenvalue weighted by atomic mass is 10.1. The number of carbonyl (C=O) groups excluding carboxylic acids is 2. The Kier molecular flexibility index (Phi) is 5.06. The highest BCUT2D eigenvalue weighted by Crippen LogP contribution is 2.37. The Morgan fingerprint density at radius 3 is 2.75 bits per heavy atom. The fourth-order valence-corrected chi connectivity index (χ4v) is 3.48. The Balaban J connectivity index is 1.32. The SMILES string of the molecule is COc1ccc(CCNC(=O)[C@H]2CCN(c3ccc4c(c3)OCO4)C2=O)cc1. The molecule has 7 nitrogen and oxygen atoms in total. The summed E-state index contributed by atoms with van der Waals surface area (Å²) in [5.74, 6) is 1.04. The molecule has 0 unspecified atom stereocenters. The molecule has 2 heterocycles. The molecule has 0 aliphatic carbocycles. The van der Waals surface area contributed by atoms with Crippen molar-refractivity contribution < 1.29 is 23.8 Å². The Morgan fingerprint density at radius 1 is 1.18 bits per heavy atom.